The molecule has 2 atom stereocenters. The topological polar surface area (TPSA) is 67.9 Å². The third-order valence-electron chi connectivity index (χ3n) is 9.03. The third kappa shape index (κ3) is 6.61. The Hall–Kier alpha value is -2.68. The molecule has 2 aromatic carbocycles. The largest absolute Gasteiger partial charge is 0.322 e. The average Bonchev–Trinajstić information content (AvgIpc) is 2.97. The summed E-state index contributed by atoms with van der Waals surface area (Å²) in [4.78, 5) is 33.6. The number of allylic oxidation sites excluding steroid dienone is 1. The van der Waals surface area contributed by atoms with E-state index in [0.717, 1.165) is 43.3 Å². The van der Waals surface area contributed by atoms with Crippen LogP contribution in [0.5, 0.6) is 0 Å². The number of nitrogens with zero attached hydrogens (tertiary/aromatic N) is 3. The van der Waals surface area contributed by atoms with Crippen LogP contribution < -0.4 is 10.6 Å². The van der Waals surface area contributed by atoms with Gasteiger partial charge in [0.05, 0.1) is 0 Å². The highest BCUT2D eigenvalue weighted by atomic mass is 35.5. The van der Waals surface area contributed by atoms with Gasteiger partial charge in [0.1, 0.15) is 0 Å². The number of benzene rings is 2. The second kappa shape index (κ2) is 12.5. The van der Waals surface area contributed by atoms with Crippen LogP contribution in [0.2, 0.25) is 5.02 Å². The van der Waals surface area contributed by atoms with E-state index in [1.807, 2.05) is 52.5 Å². The summed E-state index contributed by atoms with van der Waals surface area (Å²) in [7, 11) is 0. The molecule has 1 heterocycles. The van der Waals surface area contributed by atoms with Crippen molar-refractivity contribution in [1.29, 1.82) is 0 Å². The van der Waals surface area contributed by atoms with Crippen molar-refractivity contribution in [2.45, 2.75) is 31.6 Å². The van der Waals surface area contributed by atoms with Crippen LogP contribution in [-0.2, 0) is 0 Å². The first-order chi connectivity index (χ1) is 19.2. The predicted molar refractivity (Wildman–Crippen MR) is 165 cm³/mol. The van der Waals surface area contributed by atoms with E-state index >= 15 is 0 Å². The molecule has 2 aromatic rings. The zero-order valence-electron chi connectivity index (χ0n) is 23.7. The molecule has 2 bridgehead atoms. The number of thioether (sulfide) groups is 1. The number of piperazine rings is 1. The van der Waals surface area contributed by atoms with E-state index in [-0.39, 0.29) is 12.1 Å². The minimum atomic E-state index is -0.0898. The van der Waals surface area contributed by atoms with Crippen molar-refractivity contribution >= 4 is 46.8 Å². The van der Waals surface area contributed by atoms with Gasteiger partial charge >= 0.3 is 12.1 Å². The number of halogens is 1. The lowest BCUT2D eigenvalue weighted by atomic mass is 9.49. The highest BCUT2D eigenvalue weighted by Crippen LogP contribution is 2.59. The Bertz CT molecular complexity index is 1230. The van der Waals surface area contributed by atoms with Crippen LogP contribution in [0.4, 0.5) is 21.0 Å². The predicted octanol–water partition coefficient (Wildman–Crippen LogP) is 6.74. The average molecular weight is 582 g/mol. The van der Waals surface area contributed by atoms with Gasteiger partial charge in [-0.1, -0.05) is 37.1 Å². The number of carbonyl (C=O) groups is 2. The van der Waals surface area contributed by atoms with Gasteiger partial charge in [-0.3, -0.25) is 4.90 Å². The quantitative estimate of drug-likeness (QED) is 0.268. The molecule has 0 radical (unpaired) electrons. The van der Waals surface area contributed by atoms with Gasteiger partial charge in [0.15, 0.2) is 0 Å². The normalized spacial score (nSPS) is 21.7. The van der Waals surface area contributed by atoms with E-state index in [2.05, 4.69) is 35.5 Å². The fraction of sp³-hybridized carbons (Fsp3) is 0.484. The SMILES string of the molecule is CSc1ccc(NC(=O)N2CCN(CCN(CC3=CCC4CC3C4(C)C)C(=O)Nc3ccc(Cl)cc3)CC2)cc1. The number of carbonyl (C=O) groups excluding carboxylic acids is 2. The number of fused-ring (bicyclic) bond motifs is 1. The number of hydrogen-bond acceptors (Lipinski definition) is 4. The molecule has 0 spiro atoms. The summed E-state index contributed by atoms with van der Waals surface area (Å²) in [6.45, 7) is 9.67. The van der Waals surface area contributed by atoms with Crippen LogP contribution in [0.3, 0.4) is 0 Å². The Labute approximate surface area is 247 Å². The van der Waals surface area contributed by atoms with Crippen molar-refractivity contribution in [1.82, 2.24) is 14.7 Å². The number of hydrogen-bond donors (Lipinski definition) is 2. The van der Waals surface area contributed by atoms with E-state index < -0.39 is 0 Å². The summed E-state index contributed by atoms with van der Waals surface area (Å²) in [6, 6.07) is 15.0. The van der Waals surface area contributed by atoms with Gasteiger partial charge in [-0.05, 0) is 84.9 Å². The van der Waals surface area contributed by atoms with Crippen LogP contribution in [0.25, 0.3) is 0 Å². The highest BCUT2D eigenvalue weighted by molar-refractivity contribution is 7.98. The molecule has 9 heteroatoms. The Kier molecular flexibility index (Phi) is 8.98. The molecule has 2 fully saturated rings. The maximum atomic E-state index is 13.5. The number of rotatable bonds is 8. The maximum Gasteiger partial charge on any atom is 0.322 e. The number of urea groups is 2. The molecule has 214 valence electrons. The Morgan fingerprint density at radius 1 is 1.00 bits per heavy atom. The van der Waals surface area contributed by atoms with Gasteiger partial charge in [-0.15, -0.1) is 11.8 Å². The molecule has 2 unspecified atom stereocenters. The van der Waals surface area contributed by atoms with E-state index in [9.17, 15) is 9.59 Å². The molecule has 1 saturated carbocycles. The standard InChI is InChI=1S/C31H40ClN5O2S/c1-31(2)23-5-4-22(28(31)20-23)21-37(30(39)34-25-8-6-24(32)7-9-25)19-16-35-14-17-36(18-15-35)29(38)33-26-10-12-27(40-3)13-11-26/h4,6-13,23,28H,5,14-21H2,1-3H3,(H,33,38)(H,34,39). The lowest BCUT2D eigenvalue weighted by Gasteiger charge is -2.57. The molecule has 40 heavy (non-hydrogen) atoms. The minimum absolute atomic E-state index is 0.0637. The second-order valence-electron chi connectivity index (χ2n) is 11.7. The van der Waals surface area contributed by atoms with Gasteiger partial charge in [-0.25, -0.2) is 9.59 Å². The van der Waals surface area contributed by atoms with Gasteiger partial charge in [-0.2, -0.15) is 0 Å². The molecule has 0 aromatic heterocycles. The molecule has 2 N–H and O–H groups in total. The number of amides is 4. The van der Waals surface area contributed by atoms with Crippen molar-refractivity contribution in [3.63, 3.8) is 0 Å². The van der Waals surface area contributed by atoms with Crippen LogP contribution >= 0.6 is 23.4 Å². The molecule has 6 rings (SSSR count). The zero-order chi connectivity index (χ0) is 28.3. The van der Waals surface area contributed by atoms with E-state index in [1.165, 1.54) is 16.9 Å². The molecular weight excluding hydrogens is 542 g/mol. The Morgan fingerprint density at radius 2 is 1.65 bits per heavy atom. The summed E-state index contributed by atoms with van der Waals surface area (Å²) < 4.78 is 0. The first kappa shape index (κ1) is 28.8. The van der Waals surface area contributed by atoms with Gasteiger partial charge in [0.2, 0.25) is 0 Å². The first-order valence-corrected chi connectivity index (χ1v) is 15.8. The van der Waals surface area contributed by atoms with Crippen LogP contribution in [0.15, 0.2) is 65.1 Å². The van der Waals surface area contributed by atoms with Crippen molar-refractivity contribution < 1.29 is 9.59 Å². The van der Waals surface area contributed by atoms with Gasteiger partial charge in [0, 0.05) is 67.1 Å². The number of anilines is 2. The summed E-state index contributed by atoms with van der Waals surface area (Å²) in [5.41, 5.74) is 3.26. The molecule has 7 nitrogen and oxygen atoms in total. The zero-order valence-corrected chi connectivity index (χ0v) is 25.2. The Morgan fingerprint density at radius 3 is 2.27 bits per heavy atom. The van der Waals surface area contributed by atoms with Gasteiger partial charge in [0.25, 0.3) is 0 Å². The molecule has 3 aliphatic carbocycles. The first-order valence-electron chi connectivity index (χ1n) is 14.2. The molecule has 4 amide bonds. The van der Waals surface area contributed by atoms with Gasteiger partial charge < -0.3 is 20.4 Å². The highest BCUT2D eigenvalue weighted by Gasteiger charge is 2.51. The summed E-state index contributed by atoms with van der Waals surface area (Å²) in [5.74, 6) is 1.32. The molecule has 1 saturated heterocycles. The lowest BCUT2D eigenvalue weighted by Crippen LogP contribution is -2.53. The molecule has 4 aliphatic rings. The van der Waals surface area contributed by atoms with E-state index in [4.69, 9.17) is 11.6 Å². The second-order valence-corrected chi connectivity index (χ2v) is 13.0. The fourth-order valence-corrected chi connectivity index (χ4v) is 6.71. The Balaban J connectivity index is 1.16. The minimum Gasteiger partial charge on any atom is -0.322 e. The van der Waals surface area contributed by atoms with Crippen LogP contribution in [-0.4, -0.2) is 78.8 Å². The lowest BCUT2D eigenvalue weighted by molar-refractivity contribution is -0.00969. The van der Waals surface area contributed by atoms with Crippen molar-refractivity contribution in [3.05, 3.63) is 65.2 Å². The van der Waals surface area contributed by atoms with E-state index in [0.29, 0.717) is 42.5 Å². The van der Waals surface area contributed by atoms with Crippen molar-refractivity contribution in [2.75, 3.05) is 62.7 Å². The fourth-order valence-electron chi connectivity index (χ4n) is 6.18. The molecule has 1 aliphatic heterocycles. The summed E-state index contributed by atoms with van der Waals surface area (Å²) in [6.07, 6.45) is 6.75. The smallest absolute Gasteiger partial charge is 0.322 e. The van der Waals surface area contributed by atoms with Crippen LogP contribution in [0, 0.1) is 17.3 Å². The summed E-state index contributed by atoms with van der Waals surface area (Å²) in [5, 5.41) is 6.72. The van der Waals surface area contributed by atoms with E-state index in [1.54, 1.807) is 23.9 Å². The number of nitrogens with one attached hydrogen (secondary N) is 2. The third-order valence-corrected chi connectivity index (χ3v) is 10.0. The summed E-state index contributed by atoms with van der Waals surface area (Å²) >= 11 is 7.72. The van der Waals surface area contributed by atoms with Crippen LogP contribution in [0.1, 0.15) is 26.7 Å². The van der Waals surface area contributed by atoms with Crippen molar-refractivity contribution in [2.24, 2.45) is 17.3 Å². The monoisotopic (exact) mass is 581 g/mol. The maximum absolute atomic E-state index is 13.5. The van der Waals surface area contributed by atoms with Crippen molar-refractivity contribution in [3.8, 4) is 0 Å². The molecular formula is C31H40ClN5O2S.